The second-order valence-electron chi connectivity index (χ2n) is 4.01. The van der Waals surface area contributed by atoms with Gasteiger partial charge in [0.15, 0.2) is 5.57 Å². The Morgan fingerprint density at radius 3 is 2.31 bits per heavy atom. The fraction of sp³-hybridized carbons (Fsp3) is 0.600. The summed E-state index contributed by atoms with van der Waals surface area (Å²) in [5, 5.41) is 2.93. The summed E-state index contributed by atoms with van der Waals surface area (Å²) in [5.74, 6) is -2.54. The smallest absolute Gasteiger partial charge is 0.350 e. The van der Waals surface area contributed by atoms with Crippen molar-refractivity contribution in [3.63, 3.8) is 0 Å². The first-order chi connectivity index (χ1) is 7.49. The number of carbonyl (C=O) groups excluding carboxylic acids is 2. The molecule has 0 bridgehead atoms. The summed E-state index contributed by atoms with van der Waals surface area (Å²) in [6, 6.07) is 0. The summed E-state index contributed by atoms with van der Waals surface area (Å²) in [6.07, 6.45) is 0. The molecule has 0 aromatic carbocycles. The fourth-order valence-electron chi connectivity index (χ4n) is 1.56. The average molecular weight is 227 g/mol. The summed E-state index contributed by atoms with van der Waals surface area (Å²) < 4.78 is 15.1. The molecule has 16 heavy (non-hydrogen) atoms. The molecular formula is C10H13NO5. The number of esters is 2. The number of hydrogen-bond donors (Lipinski definition) is 1. The molecule has 6 heteroatoms. The number of hydrogen-bond acceptors (Lipinski definition) is 6. The highest BCUT2D eigenvalue weighted by molar-refractivity contribution is 6.16. The van der Waals surface area contributed by atoms with Gasteiger partial charge in [0.2, 0.25) is 0 Å². The zero-order valence-corrected chi connectivity index (χ0v) is 9.16. The Kier molecular flexibility index (Phi) is 2.59. The largest absolute Gasteiger partial charge is 0.419 e. The lowest BCUT2D eigenvalue weighted by Gasteiger charge is -2.31. The van der Waals surface area contributed by atoms with E-state index >= 15 is 0 Å². The van der Waals surface area contributed by atoms with Gasteiger partial charge in [-0.15, -0.1) is 0 Å². The molecule has 0 atom stereocenters. The minimum absolute atomic E-state index is 0.0981. The van der Waals surface area contributed by atoms with E-state index in [4.69, 9.17) is 14.2 Å². The van der Waals surface area contributed by atoms with Crippen molar-refractivity contribution in [3.05, 3.63) is 11.3 Å². The minimum Gasteiger partial charge on any atom is -0.419 e. The Morgan fingerprint density at radius 2 is 1.81 bits per heavy atom. The lowest BCUT2D eigenvalue weighted by Crippen LogP contribution is -2.44. The van der Waals surface area contributed by atoms with Crippen molar-refractivity contribution >= 4 is 11.9 Å². The van der Waals surface area contributed by atoms with Gasteiger partial charge in [-0.1, -0.05) is 0 Å². The van der Waals surface area contributed by atoms with Gasteiger partial charge >= 0.3 is 11.9 Å². The van der Waals surface area contributed by atoms with E-state index in [1.54, 1.807) is 0 Å². The molecule has 2 aliphatic heterocycles. The van der Waals surface area contributed by atoms with E-state index in [2.05, 4.69) is 5.32 Å². The van der Waals surface area contributed by atoms with Crippen LogP contribution in [-0.4, -0.2) is 37.5 Å². The van der Waals surface area contributed by atoms with Crippen molar-refractivity contribution in [2.75, 3.05) is 19.8 Å². The summed E-state index contributed by atoms with van der Waals surface area (Å²) >= 11 is 0. The lowest BCUT2D eigenvalue weighted by atomic mass is 10.1. The molecule has 0 aliphatic carbocycles. The number of ether oxygens (including phenoxy) is 3. The van der Waals surface area contributed by atoms with Crippen LogP contribution in [0, 0.1) is 0 Å². The van der Waals surface area contributed by atoms with Crippen LogP contribution in [0.25, 0.3) is 0 Å². The summed E-state index contributed by atoms with van der Waals surface area (Å²) in [7, 11) is 0. The van der Waals surface area contributed by atoms with E-state index in [9.17, 15) is 9.59 Å². The van der Waals surface area contributed by atoms with Gasteiger partial charge in [-0.2, -0.15) is 0 Å². The SMILES string of the molecule is CC1(C)OC(=O)C(=C2COCCN2)C(=O)O1. The highest BCUT2D eigenvalue weighted by Crippen LogP contribution is 2.24. The number of morpholine rings is 1. The average Bonchev–Trinajstić information content (AvgIpc) is 2.16. The normalized spacial score (nSPS) is 24.6. The van der Waals surface area contributed by atoms with E-state index < -0.39 is 17.7 Å². The van der Waals surface area contributed by atoms with Crippen LogP contribution < -0.4 is 5.32 Å². The maximum absolute atomic E-state index is 11.6. The Morgan fingerprint density at radius 1 is 1.19 bits per heavy atom. The maximum atomic E-state index is 11.6. The predicted molar refractivity (Wildman–Crippen MR) is 52.1 cm³/mol. The Labute approximate surface area is 92.5 Å². The van der Waals surface area contributed by atoms with Crippen molar-refractivity contribution < 1.29 is 23.8 Å². The first-order valence-electron chi connectivity index (χ1n) is 5.01. The lowest BCUT2D eigenvalue weighted by molar-refractivity contribution is -0.222. The van der Waals surface area contributed by atoms with Crippen LogP contribution in [-0.2, 0) is 23.8 Å². The van der Waals surface area contributed by atoms with E-state index in [1.165, 1.54) is 13.8 Å². The Balaban J connectivity index is 2.28. The maximum Gasteiger partial charge on any atom is 0.350 e. The third-order valence-corrected chi connectivity index (χ3v) is 2.22. The predicted octanol–water partition coefficient (Wildman–Crippen LogP) is -0.304. The van der Waals surface area contributed by atoms with Crippen molar-refractivity contribution in [2.45, 2.75) is 19.6 Å². The second kappa shape index (κ2) is 3.79. The minimum atomic E-state index is -1.20. The summed E-state index contributed by atoms with van der Waals surface area (Å²) in [6.45, 7) is 4.32. The molecule has 0 radical (unpaired) electrons. The monoisotopic (exact) mass is 227 g/mol. The Bertz CT molecular complexity index is 341. The first-order valence-corrected chi connectivity index (χ1v) is 5.01. The van der Waals surface area contributed by atoms with E-state index in [0.29, 0.717) is 18.8 Å². The molecule has 1 N–H and O–H groups in total. The van der Waals surface area contributed by atoms with Crippen molar-refractivity contribution in [3.8, 4) is 0 Å². The van der Waals surface area contributed by atoms with Crippen LogP contribution >= 0.6 is 0 Å². The van der Waals surface area contributed by atoms with Gasteiger partial charge in [0.25, 0.3) is 5.79 Å². The number of carbonyl (C=O) groups is 2. The number of cyclic esters (lactones) is 2. The highest BCUT2D eigenvalue weighted by Gasteiger charge is 2.41. The standard InChI is InChI=1S/C10H13NO5/c1-10(2)15-8(12)7(9(13)16-10)6-5-14-4-3-11-6/h11H,3-5H2,1-2H3. The zero-order chi connectivity index (χ0) is 11.8. The quantitative estimate of drug-likeness (QED) is 0.348. The summed E-state index contributed by atoms with van der Waals surface area (Å²) in [4.78, 5) is 23.3. The molecule has 0 aromatic rings. The molecule has 0 aromatic heterocycles. The molecule has 2 aliphatic rings. The van der Waals surface area contributed by atoms with Crippen molar-refractivity contribution in [1.29, 1.82) is 0 Å². The van der Waals surface area contributed by atoms with Crippen LogP contribution in [0.3, 0.4) is 0 Å². The molecule has 0 spiro atoms. The van der Waals surface area contributed by atoms with Crippen molar-refractivity contribution in [1.82, 2.24) is 5.32 Å². The van der Waals surface area contributed by atoms with Crippen molar-refractivity contribution in [2.24, 2.45) is 0 Å². The van der Waals surface area contributed by atoms with Gasteiger partial charge < -0.3 is 19.5 Å². The third kappa shape index (κ3) is 2.01. The second-order valence-corrected chi connectivity index (χ2v) is 4.01. The van der Waals surface area contributed by atoms with Gasteiger partial charge in [-0.25, -0.2) is 9.59 Å². The fourth-order valence-corrected chi connectivity index (χ4v) is 1.56. The van der Waals surface area contributed by atoms with Gasteiger partial charge in [0.1, 0.15) is 0 Å². The molecule has 2 saturated heterocycles. The van der Waals surface area contributed by atoms with Crippen LogP contribution in [0.5, 0.6) is 0 Å². The van der Waals surface area contributed by atoms with Gasteiger partial charge in [-0.3, -0.25) is 0 Å². The molecule has 2 rings (SSSR count). The molecular weight excluding hydrogens is 214 g/mol. The van der Waals surface area contributed by atoms with Crippen LogP contribution in [0.15, 0.2) is 11.3 Å². The molecule has 0 amide bonds. The Hall–Kier alpha value is -1.56. The third-order valence-electron chi connectivity index (χ3n) is 2.22. The topological polar surface area (TPSA) is 73.9 Å². The molecule has 2 fully saturated rings. The number of nitrogens with one attached hydrogen (secondary N) is 1. The van der Waals surface area contributed by atoms with E-state index in [1.807, 2.05) is 0 Å². The molecule has 88 valence electrons. The first kappa shape index (κ1) is 10.9. The summed E-state index contributed by atoms with van der Waals surface area (Å²) in [5.41, 5.74) is 0.329. The molecule has 0 saturated carbocycles. The highest BCUT2D eigenvalue weighted by atomic mass is 16.7. The van der Waals surface area contributed by atoms with Crippen LogP contribution in [0.4, 0.5) is 0 Å². The molecule has 6 nitrogen and oxygen atoms in total. The zero-order valence-electron chi connectivity index (χ0n) is 9.16. The van der Waals surface area contributed by atoms with E-state index in [0.717, 1.165) is 0 Å². The van der Waals surface area contributed by atoms with Gasteiger partial charge in [0, 0.05) is 20.4 Å². The molecule has 2 heterocycles. The van der Waals surface area contributed by atoms with E-state index in [-0.39, 0.29) is 12.2 Å². The molecule has 0 unspecified atom stereocenters. The van der Waals surface area contributed by atoms with Gasteiger partial charge in [0.05, 0.1) is 18.9 Å². The van der Waals surface area contributed by atoms with Crippen LogP contribution in [0.2, 0.25) is 0 Å². The van der Waals surface area contributed by atoms with Gasteiger partial charge in [-0.05, 0) is 0 Å². The number of rotatable bonds is 0. The van der Waals surface area contributed by atoms with Crippen LogP contribution in [0.1, 0.15) is 13.8 Å².